The molecule has 2 aromatic rings. The van der Waals surface area contributed by atoms with Gasteiger partial charge < -0.3 is 10.2 Å². The third-order valence-corrected chi connectivity index (χ3v) is 5.03. The molecular formula is C20H24N4O. The molecule has 1 aromatic carbocycles. The van der Waals surface area contributed by atoms with Crippen LogP contribution in [0.25, 0.3) is 10.9 Å². The van der Waals surface area contributed by atoms with Crippen LogP contribution in [0.4, 0.5) is 0 Å². The minimum atomic E-state index is 0.0859. The molecule has 130 valence electrons. The van der Waals surface area contributed by atoms with Gasteiger partial charge in [-0.05, 0) is 36.0 Å². The minimum absolute atomic E-state index is 0.0859. The summed E-state index contributed by atoms with van der Waals surface area (Å²) < 4.78 is 0. The Morgan fingerprint density at radius 1 is 1.40 bits per heavy atom. The summed E-state index contributed by atoms with van der Waals surface area (Å²) in [6, 6.07) is 10.2. The van der Waals surface area contributed by atoms with Crippen molar-refractivity contribution in [3.05, 3.63) is 41.6 Å². The molecule has 1 amide bonds. The van der Waals surface area contributed by atoms with Crippen molar-refractivity contribution in [1.29, 1.82) is 5.26 Å². The summed E-state index contributed by atoms with van der Waals surface area (Å²) in [5, 5.41) is 13.1. The number of benzene rings is 1. The first-order chi connectivity index (χ1) is 12.1. The first-order valence-electron chi connectivity index (χ1n) is 8.83. The number of rotatable bonds is 4. The van der Waals surface area contributed by atoms with Crippen LogP contribution in [0.3, 0.4) is 0 Å². The second-order valence-corrected chi connectivity index (χ2v) is 6.93. The van der Waals surface area contributed by atoms with Gasteiger partial charge in [-0.15, -0.1) is 0 Å². The van der Waals surface area contributed by atoms with Gasteiger partial charge in [0.05, 0.1) is 11.1 Å². The van der Waals surface area contributed by atoms with E-state index >= 15 is 0 Å². The maximum absolute atomic E-state index is 11.6. The molecule has 5 heteroatoms. The van der Waals surface area contributed by atoms with Gasteiger partial charge in [-0.2, -0.15) is 5.26 Å². The quantitative estimate of drug-likeness (QED) is 0.932. The maximum atomic E-state index is 11.6. The zero-order chi connectivity index (χ0) is 17.8. The predicted octanol–water partition coefficient (Wildman–Crippen LogP) is 2.67. The maximum Gasteiger partial charge on any atom is 0.221 e. The standard InChI is InChI=1S/C20H24N4O/c1-14-10-16(13-24(12-14)9-7-19(25)22-2)17-6-5-15(11-21)20-18(17)4-3-8-23-20/h3-6,8,14,16H,7,9-10,12-13H2,1-2H3,(H,22,25). The van der Waals surface area contributed by atoms with Gasteiger partial charge in [-0.25, -0.2) is 0 Å². The summed E-state index contributed by atoms with van der Waals surface area (Å²) in [4.78, 5) is 18.4. The van der Waals surface area contributed by atoms with Gasteiger partial charge in [-0.3, -0.25) is 9.78 Å². The zero-order valence-corrected chi connectivity index (χ0v) is 14.8. The molecule has 3 rings (SSSR count). The van der Waals surface area contributed by atoms with E-state index in [1.165, 1.54) is 5.56 Å². The van der Waals surface area contributed by atoms with Gasteiger partial charge >= 0.3 is 0 Å². The molecule has 1 fully saturated rings. The number of amides is 1. The number of carbonyl (C=O) groups excluding carboxylic acids is 1. The number of aromatic nitrogens is 1. The van der Waals surface area contributed by atoms with Crippen molar-refractivity contribution in [3.63, 3.8) is 0 Å². The summed E-state index contributed by atoms with van der Waals surface area (Å²) in [5.74, 6) is 1.06. The summed E-state index contributed by atoms with van der Waals surface area (Å²) in [7, 11) is 1.68. The van der Waals surface area contributed by atoms with E-state index in [-0.39, 0.29) is 5.91 Å². The van der Waals surface area contributed by atoms with Gasteiger partial charge in [0.25, 0.3) is 0 Å². The Morgan fingerprint density at radius 2 is 2.24 bits per heavy atom. The van der Waals surface area contributed by atoms with Crippen molar-refractivity contribution >= 4 is 16.8 Å². The molecule has 1 saturated heterocycles. The van der Waals surface area contributed by atoms with Crippen LogP contribution in [-0.4, -0.2) is 42.5 Å². The van der Waals surface area contributed by atoms with E-state index in [9.17, 15) is 10.1 Å². The largest absolute Gasteiger partial charge is 0.359 e. The normalized spacial score (nSPS) is 21.0. The molecule has 1 aliphatic rings. The number of nitriles is 1. The van der Waals surface area contributed by atoms with Crippen LogP contribution in [0.15, 0.2) is 30.5 Å². The minimum Gasteiger partial charge on any atom is -0.359 e. The fraction of sp³-hybridized carbons (Fsp3) is 0.450. The molecular weight excluding hydrogens is 312 g/mol. The van der Waals surface area contributed by atoms with Crippen molar-refractivity contribution in [2.24, 2.45) is 5.92 Å². The molecule has 0 bridgehead atoms. The monoisotopic (exact) mass is 336 g/mol. The lowest BCUT2D eigenvalue weighted by atomic mass is 9.83. The van der Waals surface area contributed by atoms with E-state index < -0.39 is 0 Å². The third kappa shape index (κ3) is 3.80. The molecule has 1 aromatic heterocycles. The van der Waals surface area contributed by atoms with Gasteiger partial charge in [0.1, 0.15) is 6.07 Å². The van der Waals surface area contributed by atoms with Crippen molar-refractivity contribution in [2.45, 2.75) is 25.7 Å². The number of pyridine rings is 1. The zero-order valence-electron chi connectivity index (χ0n) is 14.8. The molecule has 0 aliphatic carbocycles. The highest BCUT2D eigenvalue weighted by molar-refractivity contribution is 5.87. The first kappa shape index (κ1) is 17.4. The molecule has 0 radical (unpaired) electrons. The van der Waals surface area contributed by atoms with E-state index in [1.807, 2.05) is 12.1 Å². The van der Waals surface area contributed by atoms with E-state index in [0.29, 0.717) is 23.8 Å². The molecule has 2 unspecified atom stereocenters. The van der Waals surface area contributed by atoms with Gasteiger partial charge in [0.15, 0.2) is 0 Å². The van der Waals surface area contributed by atoms with Crippen LogP contribution in [0.1, 0.15) is 36.8 Å². The Kier molecular flexibility index (Phi) is 5.30. The fourth-order valence-electron chi connectivity index (χ4n) is 3.90. The molecule has 25 heavy (non-hydrogen) atoms. The average molecular weight is 336 g/mol. The second-order valence-electron chi connectivity index (χ2n) is 6.93. The second kappa shape index (κ2) is 7.62. The highest BCUT2D eigenvalue weighted by Gasteiger charge is 2.27. The van der Waals surface area contributed by atoms with E-state index in [2.05, 4.69) is 40.3 Å². The van der Waals surface area contributed by atoms with Gasteiger partial charge in [0.2, 0.25) is 5.91 Å². The Labute approximate surface area is 148 Å². The molecule has 2 heterocycles. The van der Waals surface area contributed by atoms with Crippen molar-refractivity contribution in [1.82, 2.24) is 15.2 Å². The number of nitrogens with zero attached hydrogens (tertiary/aromatic N) is 3. The smallest absolute Gasteiger partial charge is 0.221 e. The lowest BCUT2D eigenvalue weighted by Gasteiger charge is -2.37. The SMILES string of the molecule is CNC(=O)CCN1CC(C)CC(c2ccc(C#N)c3ncccc23)C1. The molecule has 0 spiro atoms. The average Bonchev–Trinajstić information content (AvgIpc) is 2.64. The number of piperidine rings is 1. The number of nitrogens with one attached hydrogen (secondary N) is 1. The van der Waals surface area contributed by atoms with Crippen LogP contribution in [0.5, 0.6) is 0 Å². The Balaban J connectivity index is 1.87. The molecule has 5 nitrogen and oxygen atoms in total. The van der Waals surface area contributed by atoms with Crippen molar-refractivity contribution in [3.8, 4) is 6.07 Å². The summed E-state index contributed by atoms with van der Waals surface area (Å²) in [5.41, 5.74) is 2.68. The van der Waals surface area contributed by atoms with E-state index in [4.69, 9.17) is 0 Å². The predicted molar refractivity (Wildman–Crippen MR) is 98.1 cm³/mol. The highest BCUT2D eigenvalue weighted by Crippen LogP contribution is 2.34. The topological polar surface area (TPSA) is 69.0 Å². The Hall–Kier alpha value is -2.45. The molecule has 2 atom stereocenters. The van der Waals surface area contributed by atoms with Crippen LogP contribution < -0.4 is 5.32 Å². The summed E-state index contributed by atoms with van der Waals surface area (Å²) in [6.07, 6.45) is 3.39. The molecule has 0 saturated carbocycles. The van der Waals surface area contributed by atoms with Crippen LogP contribution >= 0.6 is 0 Å². The van der Waals surface area contributed by atoms with Gasteiger partial charge in [-0.1, -0.05) is 19.1 Å². The van der Waals surface area contributed by atoms with E-state index in [1.54, 1.807) is 13.2 Å². The van der Waals surface area contributed by atoms with Crippen LogP contribution in [-0.2, 0) is 4.79 Å². The summed E-state index contributed by atoms with van der Waals surface area (Å²) >= 11 is 0. The first-order valence-corrected chi connectivity index (χ1v) is 8.83. The molecule has 1 aliphatic heterocycles. The number of fused-ring (bicyclic) bond motifs is 1. The molecule has 1 N–H and O–H groups in total. The number of carbonyl (C=O) groups is 1. The third-order valence-electron chi connectivity index (χ3n) is 5.03. The Bertz CT molecular complexity index is 811. The Morgan fingerprint density at radius 3 is 3.00 bits per heavy atom. The van der Waals surface area contributed by atoms with Crippen molar-refractivity contribution < 1.29 is 4.79 Å². The van der Waals surface area contributed by atoms with Crippen molar-refractivity contribution in [2.75, 3.05) is 26.7 Å². The number of hydrogen-bond acceptors (Lipinski definition) is 4. The van der Waals surface area contributed by atoms with Gasteiger partial charge in [0, 0.05) is 44.7 Å². The highest BCUT2D eigenvalue weighted by atomic mass is 16.1. The lowest BCUT2D eigenvalue weighted by molar-refractivity contribution is -0.121. The van der Waals surface area contributed by atoms with Crippen LogP contribution in [0.2, 0.25) is 0 Å². The summed E-state index contributed by atoms with van der Waals surface area (Å²) in [6.45, 7) is 5.02. The number of likely N-dealkylation sites (tertiary alicyclic amines) is 1. The number of hydrogen-bond donors (Lipinski definition) is 1. The lowest BCUT2D eigenvalue weighted by Crippen LogP contribution is -2.40. The van der Waals surface area contributed by atoms with E-state index in [0.717, 1.165) is 37.0 Å². The fourth-order valence-corrected chi connectivity index (χ4v) is 3.90. The van der Waals surface area contributed by atoms with Crippen LogP contribution in [0, 0.1) is 17.2 Å².